The predicted molar refractivity (Wildman–Crippen MR) is 144 cm³/mol. The van der Waals surface area contributed by atoms with Gasteiger partial charge in [-0.3, -0.25) is 4.79 Å². The molecule has 0 aromatic heterocycles. The Morgan fingerprint density at radius 3 is 2.24 bits per heavy atom. The number of oxime groups is 1. The Kier molecular flexibility index (Phi) is 8.90. The highest BCUT2D eigenvalue weighted by molar-refractivity contribution is 7.89. The van der Waals surface area contributed by atoms with Crippen LogP contribution in [0, 0.1) is 0 Å². The molecule has 1 heterocycles. The van der Waals surface area contributed by atoms with Gasteiger partial charge in [-0.15, -0.1) is 0 Å². The molecule has 10 heteroatoms. The zero-order valence-corrected chi connectivity index (χ0v) is 21.8. The molecule has 1 amide bonds. The minimum absolute atomic E-state index is 0.00930. The first kappa shape index (κ1) is 27.5. The predicted octanol–water partition coefficient (Wildman–Crippen LogP) is 2.72. The molecule has 0 bridgehead atoms. The van der Waals surface area contributed by atoms with E-state index in [1.165, 1.54) is 11.4 Å². The van der Waals surface area contributed by atoms with Crippen molar-refractivity contribution in [2.45, 2.75) is 35.9 Å². The fourth-order valence-electron chi connectivity index (χ4n) is 4.57. The van der Waals surface area contributed by atoms with Crippen LogP contribution in [-0.2, 0) is 19.7 Å². The maximum atomic E-state index is 13.6. The lowest BCUT2D eigenvalue weighted by Gasteiger charge is -2.26. The molecule has 0 unspecified atom stereocenters. The fourth-order valence-corrected chi connectivity index (χ4v) is 6.18. The summed E-state index contributed by atoms with van der Waals surface area (Å²) >= 11 is 0. The maximum absolute atomic E-state index is 13.6. The molecule has 0 saturated carbocycles. The number of hydrogen-bond donors (Lipinski definition) is 3. The number of carbonyl (C=O) groups excluding carboxylic acids is 1. The Morgan fingerprint density at radius 2 is 1.63 bits per heavy atom. The van der Waals surface area contributed by atoms with E-state index in [4.69, 9.17) is 4.84 Å². The van der Waals surface area contributed by atoms with Gasteiger partial charge in [0.25, 0.3) is 0 Å². The summed E-state index contributed by atoms with van der Waals surface area (Å²) < 4.78 is 28.5. The molecule has 1 aliphatic rings. The van der Waals surface area contributed by atoms with E-state index in [0.717, 1.165) is 11.1 Å². The van der Waals surface area contributed by atoms with Crippen molar-refractivity contribution in [1.29, 1.82) is 0 Å². The second-order valence-corrected chi connectivity index (χ2v) is 10.9. The Labute approximate surface area is 222 Å². The first-order valence-electron chi connectivity index (χ1n) is 12.2. The number of aliphatic hydroxyl groups is 2. The van der Waals surface area contributed by atoms with Gasteiger partial charge in [-0.25, -0.2) is 8.42 Å². The lowest BCUT2D eigenvalue weighted by molar-refractivity contribution is -0.123. The summed E-state index contributed by atoms with van der Waals surface area (Å²) in [6, 6.07) is 23.3. The number of nitrogens with zero attached hydrogens (tertiary/aromatic N) is 2. The number of sulfonamides is 1. The number of hydrogen-bond acceptors (Lipinski definition) is 7. The molecule has 1 fully saturated rings. The van der Waals surface area contributed by atoms with Gasteiger partial charge in [-0.1, -0.05) is 78.0 Å². The van der Waals surface area contributed by atoms with Gasteiger partial charge in [0.2, 0.25) is 15.9 Å². The summed E-state index contributed by atoms with van der Waals surface area (Å²) in [4.78, 5) is 17.9. The van der Waals surface area contributed by atoms with Crippen molar-refractivity contribution in [3.05, 3.63) is 90.5 Å². The first-order chi connectivity index (χ1) is 18.3. The average molecular weight is 538 g/mol. The number of rotatable bonds is 10. The van der Waals surface area contributed by atoms with Gasteiger partial charge < -0.3 is 20.4 Å². The summed E-state index contributed by atoms with van der Waals surface area (Å²) in [6.07, 6.45) is -1.09. The molecule has 9 nitrogen and oxygen atoms in total. The van der Waals surface area contributed by atoms with E-state index in [1.54, 1.807) is 54.6 Å². The largest absolute Gasteiger partial charge is 0.399 e. The second-order valence-electron chi connectivity index (χ2n) is 9.05. The number of aliphatic hydroxyl groups excluding tert-OH is 2. The second kappa shape index (κ2) is 12.3. The van der Waals surface area contributed by atoms with E-state index >= 15 is 0 Å². The quantitative estimate of drug-likeness (QED) is 0.341. The molecule has 3 aromatic rings. The number of benzene rings is 3. The Hall–Kier alpha value is -3.57. The Morgan fingerprint density at radius 1 is 1.03 bits per heavy atom. The number of amides is 1. The fraction of sp³-hybridized carbons (Fsp3) is 0.286. The molecule has 0 spiro atoms. The Bertz CT molecular complexity index is 1350. The zero-order valence-electron chi connectivity index (χ0n) is 21.0. The minimum atomic E-state index is -3.96. The highest BCUT2D eigenvalue weighted by Crippen LogP contribution is 2.29. The van der Waals surface area contributed by atoms with Crippen molar-refractivity contribution in [3.63, 3.8) is 0 Å². The highest BCUT2D eigenvalue weighted by atomic mass is 32.2. The third-order valence-electron chi connectivity index (χ3n) is 6.49. The van der Waals surface area contributed by atoms with Gasteiger partial charge >= 0.3 is 0 Å². The third-order valence-corrected chi connectivity index (χ3v) is 8.40. The molecular weight excluding hydrogens is 506 g/mol. The molecule has 0 radical (unpaired) electrons. The summed E-state index contributed by atoms with van der Waals surface area (Å²) in [7, 11) is -2.58. The molecule has 3 aromatic carbocycles. The van der Waals surface area contributed by atoms with Crippen LogP contribution in [0.5, 0.6) is 0 Å². The van der Waals surface area contributed by atoms with Crippen molar-refractivity contribution < 1.29 is 28.3 Å². The summed E-state index contributed by atoms with van der Waals surface area (Å²) in [5.41, 5.74) is 2.90. The van der Waals surface area contributed by atoms with Crippen molar-refractivity contribution in [1.82, 2.24) is 9.62 Å². The SMILES string of the molecule is CON=C1C[C@@H](CC(=O)N[C@@H](CO)[C@@H](O)c2ccccc2)N(S(=O)(=O)c2ccc(-c3ccccc3)cc2)C1. The van der Waals surface area contributed by atoms with Crippen LogP contribution in [-0.4, -0.2) is 66.9 Å². The average Bonchev–Trinajstić information content (AvgIpc) is 3.35. The summed E-state index contributed by atoms with van der Waals surface area (Å²) in [5, 5.41) is 27.0. The zero-order chi connectivity index (χ0) is 27.1. The maximum Gasteiger partial charge on any atom is 0.243 e. The van der Waals surface area contributed by atoms with Crippen LogP contribution in [0.25, 0.3) is 11.1 Å². The van der Waals surface area contributed by atoms with Crippen LogP contribution < -0.4 is 5.32 Å². The molecule has 4 rings (SSSR count). The minimum Gasteiger partial charge on any atom is -0.399 e. The van der Waals surface area contributed by atoms with Gasteiger partial charge in [0.15, 0.2) is 0 Å². The molecule has 1 aliphatic heterocycles. The van der Waals surface area contributed by atoms with Crippen molar-refractivity contribution in [3.8, 4) is 11.1 Å². The highest BCUT2D eigenvalue weighted by Gasteiger charge is 2.40. The van der Waals surface area contributed by atoms with Gasteiger partial charge in [-0.2, -0.15) is 4.31 Å². The lowest BCUT2D eigenvalue weighted by Crippen LogP contribution is -2.45. The van der Waals surface area contributed by atoms with Gasteiger partial charge in [0.1, 0.15) is 13.2 Å². The van der Waals surface area contributed by atoms with Gasteiger partial charge in [0.05, 0.1) is 29.8 Å². The molecular formula is C28H31N3O6S. The smallest absolute Gasteiger partial charge is 0.243 e. The number of carbonyl (C=O) groups is 1. The first-order valence-corrected chi connectivity index (χ1v) is 13.7. The third kappa shape index (κ3) is 6.28. The van der Waals surface area contributed by atoms with Crippen LogP contribution >= 0.6 is 0 Å². The molecule has 1 saturated heterocycles. The molecule has 3 atom stereocenters. The summed E-state index contributed by atoms with van der Waals surface area (Å²) in [6.45, 7) is -0.497. The molecule has 3 N–H and O–H groups in total. The van der Waals surface area contributed by atoms with Gasteiger partial charge in [0, 0.05) is 18.9 Å². The van der Waals surface area contributed by atoms with Gasteiger partial charge in [-0.05, 0) is 28.8 Å². The lowest BCUT2D eigenvalue weighted by atomic mass is 10.0. The van der Waals surface area contributed by atoms with Crippen LogP contribution in [0.15, 0.2) is 95.0 Å². The van der Waals surface area contributed by atoms with E-state index in [2.05, 4.69) is 10.5 Å². The van der Waals surface area contributed by atoms with Crippen LogP contribution in [0.1, 0.15) is 24.5 Å². The molecule has 38 heavy (non-hydrogen) atoms. The van der Waals surface area contributed by atoms with Crippen LogP contribution in [0.3, 0.4) is 0 Å². The monoisotopic (exact) mass is 537 g/mol. The summed E-state index contributed by atoms with van der Waals surface area (Å²) in [5.74, 6) is -0.498. The van der Waals surface area contributed by atoms with E-state index in [9.17, 15) is 23.4 Å². The number of nitrogens with one attached hydrogen (secondary N) is 1. The van der Waals surface area contributed by atoms with Crippen molar-refractivity contribution >= 4 is 21.6 Å². The molecule has 0 aliphatic carbocycles. The van der Waals surface area contributed by atoms with Crippen LogP contribution in [0.4, 0.5) is 0 Å². The normalized spacial score (nSPS) is 18.7. The van der Waals surface area contributed by atoms with E-state index in [0.29, 0.717) is 11.3 Å². The standard InChI is InChI=1S/C28H31N3O6S/c1-37-30-23-16-24(17-27(33)29-26(19-32)28(34)22-10-6-3-7-11-22)31(18-23)38(35,36)25-14-12-21(13-15-25)20-8-4-2-5-9-20/h2-15,24,26,28,32,34H,16-19H2,1H3,(H,29,33)/t24-,26-,28-/m0/s1. The molecule has 200 valence electrons. The van der Waals surface area contributed by atoms with E-state index in [-0.39, 0.29) is 24.3 Å². The topological polar surface area (TPSA) is 129 Å². The van der Waals surface area contributed by atoms with E-state index in [1.807, 2.05) is 30.3 Å². The van der Waals surface area contributed by atoms with E-state index < -0.39 is 40.7 Å². The van der Waals surface area contributed by atoms with Crippen molar-refractivity contribution in [2.24, 2.45) is 5.16 Å². The van der Waals surface area contributed by atoms with Crippen molar-refractivity contribution in [2.75, 3.05) is 20.3 Å². The van der Waals surface area contributed by atoms with Crippen LogP contribution in [0.2, 0.25) is 0 Å². The Balaban J connectivity index is 1.51.